The van der Waals surface area contributed by atoms with Crippen LogP contribution in [0.15, 0.2) is 41.4 Å². The van der Waals surface area contributed by atoms with E-state index in [1.807, 2.05) is 24.3 Å². The van der Waals surface area contributed by atoms with Gasteiger partial charge >= 0.3 is 5.97 Å². The van der Waals surface area contributed by atoms with E-state index >= 15 is 0 Å². The molecule has 0 N–H and O–H groups in total. The Morgan fingerprint density at radius 3 is 2.57 bits per heavy atom. The SMILES string of the molecule is CC(C)C1CC[C@@H](C)C[C@H]1OC(=O)CCCN1CCC(O[C@H](C2=NCCC=C2)c2ccc(Cl)cc2)CC1. The number of aliphatic imine (C=N–C) groups is 1. The number of benzene rings is 1. The van der Waals surface area contributed by atoms with Crippen LogP contribution in [0.3, 0.4) is 0 Å². The summed E-state index contributed by atoms with van der Waals surface area (Å²) >= 11 is 6.12. The highest BCUT2D eigenvalue weighted by Gasteiger charge is 2.33. The summed E-state index contributed by atoms with van der Waals surface area (Å²) < 4.78 is 12.6. The maximum Gasteiger partial charge on any atom is 0.306 e. The molecule has 0 spiro atoms. The van der Waals surface area contributed by atoms with Crippen molar-refractivity contribution in [3.05, 3.63) is 47.0 Å². The minimum atomic E-state index is -0.155. The number of rotatable bonds is 10. The van der Waals surface area contributed by atoms with Gasteiger partial charge in [0.15, 0.2) is 0 Å². The van der Waals surface area contributed by atoms with Gasteiger partial charge in [-0.15, -0.1) is 0 Å². The predicted molar refractivity (Wildman–Crippen MR) is 151 cm³/mol. The first-order valence-corrected chi connectivity index (χ1v) is 14.8. The number of likely N-dealkylation sites (tertiary alicyclic amines) is 1. The van der Waals surface area contributed by atoms with E-state index in [1.54, 1.807) is 0 Å². The summed E-state index contributed by atoms with van der Waals surface area (Å²) in [4.78, 5) is 19.8. The van der Waals surface area contributed by atoms with Gasteiger partial charge in [-0.25, -0.2) is 0 Å². The Morgan fingerprint density at radius 2 is 1.89 bits per heavy atom. The second-order valence-corrected chi connectivity index (χ2v) is 12.0. The van der Waals surface area contributed by atoms with E-state index in [1.165, 1.54) is 12.8 Å². The molecule has 5 nitrogen and oxygen atoms in total. The van der Waals surface area contributed by atoms with Crippen LogP contribution < -0.4 is 0 Å². The smallest absolute Gasteiger partial charge is 0.306 e. The van der Waals surface area contributed by atoms with Gasteiger partial charge in [-0.05, 0) is 86.6 Å². The highest BCUT2D eigenvalue weighted by Crippen LogP contribution is 2.35. The van der Waals surface area contributed by atoms with E-state index in [0.29, 0.717) is 24.2 Å². The Morgan fingerprint density at radius 1 is 1.14 bits per heavy atom. The van der Waals surface area contributed by atoms with Gasteiger partial charge in [-0.2, -0.15) is 0 Å². The average Bonchev–Trinajstić information content (AvgIpc) is 2.89. The van der Waals surface area contributed by atoms with Crippen molar-refractivity contribution in [1.82, 2.24) is 4.90 Å². The van der Waals surface area contributed by atoms with Crippen LogP contribution in [0, 0.1) is 17.8 Å². The van der Waals surface area contributed by atoms with Crippen LogP contribution in [0.25, 0.3) is 0 Å². The lowest BCUT2D eigenvalue weighted by molar-refractivity contribution is -0.156. The highest BCUT2D eigenvalue weighted by atomic mass is 35.5. The lowest BCUT2D eigenvalue weighted by Crippen LogP contribution is -2.39. The van der Waals surface area contributed by atoms with Crippen molar-refractivity contribution in [2.45, 2.75) is 90.4 Å². The van der Waals surface area contributed by atoms with E-state index in [0.717, 1.165) is 74.6 Å². The molecule has 37 heavy (non-hydrogen) atoms. The molecule has 2 fully saturated rings. The number of ether oxygens (including phenoxy) is 2. The predicted octanol–water partition coefficient (Wildman–Crippen LogP) is 7.05. The zero-order valence-electron chi connectivity index (χ0n) is 22.9. The number of hydrogen-bond acceptors (Lipinski definition) is 5. The summed E-state index contributed by atoms with van der Waals surface area (Å²) in [6.45, 7) is 10.5. The van der Waals surface area contributed by atoms with E-state index in [4.69, 9.17) is 26.1 Å². The van der Waals surface area contributed by atoms with Gasteiger partial charge in [-0.3, -0.25) is 9.79 Å². The molecular formula is C31H45ClN2O3. The van der Waals surface area contributed by atoms with Gasteiger partial charge in [0.05, 0.1) is 11.8 Å². The molecule has 1 aromatic rings. The molecule has 1 saturated heterocycles. The van der Waals surface area contributed by atoms with Crippen LogP contribution in [-0.2, 0) is 14.3 Å². The molecule has 4 rings (SSSR count). The van der Waals surface area contributed by atoms with Crippen LogP contribution >= 0.6 is 11.6 Å². The van der Waals surface area contributed by atoms with Crippen molar-refractivity contribution >= 4 is 23.3 Å². The third-order valence-electron chi connectivity index (χ3n) is 8.28. The van der Waals surface area contributed by atoms with Crippen molar-refractivity contribution in [3.8, 4) is 0 Å². The first kappa shape index (κ1) is 28.3. The van der Waals surface area contributed by atoms with E-state index in [-0.39, 0.29) is 24.3 Å². The Bertz CT molecular complexity index is 921. The Hall–Kier alpha value is -1.69. The average molecular weight is 529 g/mol. The lowest BCUT2D eigenvalue weighted by Gasteiger charge is -2.36. The number of carbonyl (C=O) groups excluding carboxylic acids is 1. The van der Waals surface area contributed by atoms with Gasteiger partial charge in [0, 0.05) is 31.1 Å². The van der Waals surface area contributed by atoms with Crippen molar-refractivity contribution in [3.63, 3.8) is 0 Å². The fourth-order valence-electron chi connectivity index (χ4n) is 6.04. The fourth-order valence-corrected chi connectivity index (χ4v) is 6.16. The topological polar surface area (TPSA) is 51.1 Å². The molecule has 204 valence electrons. The lowest BCUT2D eigenvalue weighted by atomic mass is 9.75. The highest BCUT2D eigenvalue weighted by molar-refractivity contribution is 6.30. The van der Waals surface area contributed by atoms with Gasteiger partial charge < -0.3 is 14.4 Å². The molecule has 1 unspecified atom stereocenters. The standard InChI is InChI=1S/C31H45ClN2O3/c1-22(2)27-14-9-23(3)21-29(27)37-30(35)8-6-18-34-19-15-26(16-20-34)36-31(28-7-4-5-17-33-28)24-10-12-25(32)13-11-24/h4,7,10-13,22-23,26-27,29,31H,5-6,8-9,14-21H2,1-3H3/t23-,27?,29-,31+/m1/s1. The van der Waals surface area contributed by atoms with Crippen LogP contribution in [-0.4, -0.2) is 55.0 Å². The van der Waals surface area contributed by atoms with Crippen molar-refractivity contribution in [1.29, 1.82) is 0 Å². The zero-order chi connectivity index (χ0) is 26.2. The maximum atomic E-state index is 12.6. The summed E-state index contributed by atoms with van der Waals surface area (Å²) in [5, 5.41) is 0.730. The van der Waals surface area contributed by atoms with Crippen molar-refractivity contribution < 1.29 is 14.3 Å². The molecule has 1 aromatic carbocycles. The third-order valence-corrected chi connectivity index (χ3v) is 8.53. The second-order valence-electron chi connectivity index (χ2n) is 11.6. The number of halogens is 1. The summed E-state index contributed by atoms with van der Waals surface area (Å²) in [5.74, 6) is 1.70. The molecule has 6 heteroatoms. The number of piperidine rings is 1. The second kappa shape index (κ2) is 13.9. The van der Waals surface area contributed by atoms with E-state index in [9.17, 15) is 4.79 Å². The monoisotopic (exact) mass is 528 g/mol. The normalized spacial score (nSPS) is 26.2. The summed E-state index contributed by atoms with van der Waals surface area (Å²) in [6.07, 6.45) is 12.2. The zero-order valence-corrected chi connectivity index (χ0v) is 23.7. The van der Waals surface area contributed by atoms with Gasteiger partial charge in [0.25, 0.3) is 0 Å². The largest absolute Gasteiger partial charge is 0.462 e. The van der Waals surface area contributed by atoms with Crippen LogP contribution in [0.5, 0.6) is 0 Å². The van der Waals surface area contributed by atoms with Crippen LogP contribution in [0.1, 0.15) is 83.8 Å². The molecule has 1 saturated carbocycles. The number of hydrogen-bond donors (Lipinski definition) is 0. The van der Waals surface area contributed by atoms with Gasteiger partial charge in [-0.1, -0.05) is 57.0 Å². The van der Waals surface area contributed by atoms with E-state index in [2.05, 4.69) is 37.8 Å². The number of esters is 1. The van der Waals surface area contributed by atoms with Gasteiger partial charge in [0.1, 0.15) is 12.2 Å². The Kier molecular flexibility index (Phi) is 10.6. The minimum Gasteiger partial charge on any atom is -0.462 e. The molecule has 3 aliphatic rings. The number of dihydropyridines is 1. The molecule has 0 aromatic heterocycles. The summed E-state index contributed by atoms with van der Waals surface area (Å²) in [5.41, 5.74) is 2.10. The van der Waals surface area contributed by atoms with Crippen LogP contribution in [0.2, 0.25) is 5.02 Å². The van der Waals surface area contributed by atoms with Crippen molar-refractivity contribution in [2.75, 3.05) is 26.2 Å². The summed E-state index contributed by atoms with van der Waals surface area (Å²) in [7, 11) is 0. The maximum absolute atomic E-state index is 12.6. The molecule has 0 bridgehead atoms. The van der Waals surface area contributed by atoms with E-state index < -0.39 is 0 Å². The molecule has 2 aliphatic heterocycles. The molecule has 0 radical (unpaired) electrons. The molecule has 2 heterocycles. The van der Waals surface area contributed by atoms with Gasteiger partial charge in [0.2, 0.25) is 0 Å². The first-order valence-electron chi connectivity index (χ1n) is 14.4. The minimum absolute atomic E-state index is 0.0184. The number of nitrogens with zero attached hydrogens (tertiary/aromatic N) is 2. The fraction of sp³-hybridized carbons (Fsp3) is 0.677. The molecule has 1 aliphatic carbocycles. The molecule has 4 atom stereocenters. The van der Waals surface area contributed by atoms with Crippen molar-refractivity contribution in [2.24, 2.45) is 22.7 Å². The quantitative estimate of drug-likeness (QED) is 0.305. The Labute approximate surface area is 228 Å². The Balaban J connectivity index is 1.21. The summed E-state index contributed by atoms with van der Waals surface area (Å²) in [6, 6.07) is 7.94. The first-order chi connectivity index (χ1) is 17.9. The third kappa shape index (κ3) is 8.40. The molecular weight excluding hydrogens is 484 g/mol. The number of carbonyl (C=O) groups is 1. The van der Waals surface area contributed by atoms with Crippen LogP contribution in [0.4, 0.5) is 0 Å². The molecule has 0 amide bonds.